The molecule has 4 aromatic rings. The average Bonchev–Trinajstić information content (AvgIpc) is 2.89. The molecule has 0 spiro atoms. The number of non-ortho nitro benzene ring substituents is 1. The third-order valence-corrected chi connectivity index (χ3v) is 5.07. The van der Waals surface area contributed by atoms with Gasteiger partial charge in [0, 0.05) is 24.3 Å². The lowest BCUT2D eigenvalue weighted by molar-refractivity contribution is -0.384. The molecule has 0 radical (unpaired) electrons. The molecule has 0 bridgehead atoms. The van der Waals surface area contributed by atoms with Crippen LogP contribution in [-0.4, -0.2) is 18.0 Å². The number of hydrogen-bond acceptors (Lipinski definition) is 8. The van der Waals surface area contributed by atoms with Crippen molar-refractivity contribution in [2.24, 2.45) is 0 Å². The highest BCUT2D eigenvalue weighted by molar-refractivity contribution is 5.89. The Morgan fingerprint density at radius 3 is 2.34 bits per heavy atom. The molecule has 1 heterocycles. The monoisotopic (exact) mass is 527 g/mol. The highest BCUT2D eigenvalue weighted by Crippen LogP contribution is 2.39. The lowest BCUT2D eigenvalue weighted by Gasteiger charge is -2.13. The fourth-order valence-electron chi connectivity index (χ4n) is 3.32. The van der Waals surface area contributed by atoms with Crippen LogP contribution in [0.3, 0.4) is 0 Å². The minimum Gasteiger partial charge on any atom is -0.497 e. The molecule has 1 aromatic heterocycles. The highest BCUT2D eigenvalue weighted by atomic mass is 19.4. The number of halogens is 3. The van der Waals surface area contributed by atoms with Gasteiger partial charge in [-0.2, -0.15) is 13.2 Å². The van der Waals surface area contributed by atoms with Crippen LogP contribution >= 0.6 is 0 Å². The number of nitrogens with zero attached hydrogens (tertiary/aromatic N) is 1. The Morgan fingerprint density at radius 2 is 1.68 bits per heavy atom. The molecule has 12 heteroatoms. The molecule has 0 amide bonds. The lowest BCUT2D eigenvalue weighted by atomic mass is 10.2. The fraction of sp³-hybridized carbons (Fsp3) is 0.0769. The first-order valence-corrected chi connectivity index (χ1v) is 10.7. The molecule has 194 valence electrons. The molecule has 4 rings (SSSR count). The van der Waals surface area contributed by atoms with Crippen molar-refractivity contribution in [3.05, 3.63) is 104 Å². The zero-order chi connectivity index (χ0) is 27.4. The van der Waals surface area contributed by atoms with Crippen molar-refractivity contribution in [2.45, 2.75) is 6.18 Å². The van der Waals surface area contributed by atoms with E-state index in [0.717, 1.165) is 18.2 Å². The summed E-state index contributed by atoms with van der Waals surface area (Å²) in [5, 5.41) is 10.6. The second-order valence-corrected chi connectivity index (χ2v) is 7.63. The minimum atomic E-state index is -5.08. The van der Waals surface area contributed by atoms with Crippen molar-refractivity contribution in [1.29, 1.82) is 0 Å². The molecule has 0 aliphatic heterocycles. The summed E-state index contributed by atoms with van der Waals surface area (Å²) < 4.78 is 61.6. The van der Waals surface area contributed by atoms with Gasteiger partial charge in [-0.15, -0.1) is 0 Å². The summed E-state index contributed by atoms with van der Waals surface area (Å²) in [7, 11) is 1.41. The number of benzene rings is 3. The van der Waals surface area contributed by atoms with Crippen LogP contribution in [0, 0.1) is 10.1 Å². The molecular weight excluding hydrogens is 511 g/mol. The largest absolute Gasteiger partial charge is 0.497 e. The highest BCUT2D eigenvalue weighted by Gasteiger charge is 2.40. The van der Waals surface area contributed by atoms with Crippen LogP contribution in [0.25, 0.3) is 17.0 Å². The number of esters is 1. The van der Waals surface area contributed by atoms with Crippen LogP contribution in [0.1, 0.15) is 11.3 Å². The normalized spacial score (nSPS) is 11.5. The number of alkyl halides is 3. The first kappa shape index (κ1) is 25.9. The van der Waals surface area contributed by atoms with Crippen LogP contribution in [0.5, 0.6) is 23.0 Å². The third-order valence-electron chi connectivity index (χ3n) is 5.07. The second kappa shape index (κ2) is 10.5. The zero-order valence-electron chi connectivity index (χ0n) is 19.4. The van der Waals surface area contributed by atoms with Gasteiger partial charge in [0.25, 0.3) is 11.4 Å². The maximum Gasteiger partial charge on any atom is 0.453 e. The first-order valence-electron chi connectivity index (χ1n) is 10.7. The van der Waals surface area contributed by atoms with E-state index < -0.39 is 39.6 Å². The Hall–Kier alpha value is -5.13. The molecule has 0 fully saturated rings. The summed E-state index contributed by atoms with van der Waals surface area (Å²) in [5.74, 6) is -3.47. The lowest BCUT2D eigenvalue weighted by Crippen LogP contribution is -2.15. The van der Waals surface area contributed by atoms with E-state index in [1.807, 2.05) is 0 Å². The maximum absolute atomic E-state index is 13.8. The number of carbonyl (C=O) groups excluding carboxylic acids is 1. The summed E-state index contributed by atoms with van der Waals surface area (Å²) in [6, 6.07) is 14.3. The van der Waals surface area contributed by atoms with E-state index >= 15 is 0 Å². The van der Waals surface area contributed by atoms with E-state index in [9.17, 15) is 32.9 Å². The molecular formula is C26H16F3NO8. The summed E-state index contributed by atoms with van der Waals surface area (Å²) in [6.07, 6.45) is -2.84. The standard InChI is InChI=1S/C26H16F3NO8/c1-35-17-6-8-18(9-7-17)37-24-23(32)20-11-10-19(14-21(20)38-25(24)26(27,28)29)36-22(31)12-5-15-3-2-4-16(13-15)30(33)34/h2-14H,1H3. The van der Waals surface area contributed by atoms with Gasteiger partial charge >= 0.3 is 12.1 Å². The molecule has 0 saturated carbocycles. The van der Waals surface area contributed by atoms with E-state index in [1.165, 1.54) is 67.8 Å². The number of ether oxygens (including phenoxy) is 3. The van der Waals surface area contributed by atoms with Gasteiger partial charge in [-0.05, 0) is 48.0 Å². The number of hydrogen-bond donors (Lipinski definition) is 0. The van der Waals surface area contributed by atoms with Gasteiger partial charge in [0.2, 0.25) is 11.2 Å². The van der Waals surface area contributed by atoms with Gasteiger partial charge in [-0.1, -0.05) is 12.1 Å². The topological polar surface area (TPSA) is 118 Å². The molecule has 0 aliphatic carbocycles. The minimum absolute atomic E-state index is 0.0518. The molecule has 9 nitrogen and oxygen atoms in total. The quantitative estimate of drug-likeness (QED) is 0.0925. The van der Waals surface area contributed by atoms with Crippen molar-refractivity contribution in [2.75, 3.05) is 7.11 Å². The van der Waals surface area contributed by atoms with Gasteiger partial charge in [0.15, 0.2) is 0 Å². The number of rotatable bonds is 7. The van der Waals surface area contributed by atoms with Crippen molar-refractivity contribution < 1.29 is 41.5 Å². The van der Waals surface area contributed by atoms with Gasteiger partial charge in [-0.25, -0.2) is 4.79 Å². The Bertz CT molecular complexity index is 1610. The van der Waals surface area contributed by atoms with Crippen molar-refractivity contribution in [3.8, 4) is 23.0 Å². The Morgan fingerprint density at radius 1 is 1.00 bits per heavy atom. The Labute approximate surface area is 211 Å². The second-order valence-electron chi connectivity index (χ2n) is 7.63. The van der Waals surface area contributed by atoms with Gasteiger partial charge in [0.1, 0.15) is 22.8 Å². The van der Waals surface area contributed by atoms with Crippen LogP contribution < -0.4 is 19.6 Å². The Balaban J connectivity index is 1.63. The van der Waals surface area contributed by atoms with Crippen LogP contribution in [0.15, 0.2) is 82.0 Å². The summed E-state index contributed by atoms with van der Waals surface area (Å²) in [6.45, 7) is 0. The van der Waals surface area contributed by atoms with E-state index in [1.54, 1.807) is 0 Å². The van der Waals surface area contributed by atoms with Crippen LogP contribution in [0.4, 0.5) is 18.9 Å². The summed E-state index contributed by atoms with van der Waals surface area (Å²) in [5.41, 5.74) is -1.41. The number of methoxy groups -OCH3 is 1. The summed E-state index contributed by atoms with van der Waals surface area (Å²) >= 11 is 0. The predicted octanol–water partition coefficient (Wildman–Crippen LogP) is 6.14. The Kier molecular flexibility index (Phi) is 7.15. The number of carbonyl (C=O) groups is 1. The van der Waals surface area contributed by atoms with Gasteiger partial charge in [0.05, 0.1) is 17.4 Å². The van der Waals surface area contributed by atoms with Gasteiger partial charge in [-0.3, -0.25) is 14.9 Å². The fourth-order valence-corrected chi connectivity index (χ4v) is 3.32. The van der Waals surface area contributed by atoms with E-state index in [-0.39, 0.29) is 22.6 Å². The molecule has 38 heavy (non-hydrogen) atoms. The molecule has 0 atom stereocenters. The first-order chi connectivity index (χ1) is 18.0. The molecule has 0 unspecified atom stereocenters. The smallest absolute Gasteiger partial charge is 0.453 e. The van der Waals surface area contributed by atoms with Crippen LogP contribution in [0.2, 0.25) is 0 Å². The van der Waals surface area contributed by atoms with Crippen molar-refractivity contribution in [1.82, 2.24) is 0 Å². The molecule has 0 N–H and O–H groups in total. The van der Waals surface area contributed by atoms with E-state index in [2.05, 4.69) is 0 Å². The average molecular weight is 527 g/mol. The SMILES string of the molecule is COc1ccc(Oc2c(C(F)(F)F)oc3cc(OC(=O)C=Cc4cccc([N+](=O)[O-])c4)ccc3c2=O)cc1. The molecule has 3 aromatic carbocycles. The predicted molar refractivity (Wildman–Crippen MR) is 128 cm³/mol. The number of fused-ring (bicyclic) bond motifs is 1. The maximum atomic E-state index is 13.8. The zero-order valence-corrected chi connectivity index (χ0v) is 19.4. The van der Waals surface area contributed by atoms with Crippen molar-refractivity contribution in [3.63, 3.8) is 0 Å². The van der Waals surface area contributed by atoms with Crippen molar-refractivity contribution >= 4 is 28.7 Å². The number of nitro groups is 1. The third kappa shape index (κ3) is 5.81. The summed E-state index contributed by atoms with van der Waals surface area (Å²) in [4.78, 5) is 35.4. The van der Waals surface area contributed by atoms with E-state index in [0.29, 0.717) is 11.3 Å². The van der Waals surface area contributed by atoms with E-state index in [4.69, 9.17) is 18.6 Å². The van der Waals surface area contributed by atoms with Gasteiger partial charge < -0.3 is 18.6 Å². The molecule has 0 saturated heterocycles. The van der Waals surface area contributed by atoms with Crippen LogP contribution in [-0.2, 0) is 11.0 Å². The number of nitro benzene ring substituents is 1. The molecule has 0 aliphatic rings.